The number of carbonyl (C=O) groups is 2. The Balaban J connectivity index is 0.000000459. The summed E-state index contributed by atoms with van der Waals surface area (Å²) in [6, 6.07) is 0. The maximum absolute atomic E-state index is 10.9. The van der Waals surface area contributed by atoms with Crippen LogP contribution in [0, 0.1) is 11.3 Å². The van der Waals surface area contributed by atoms with Crippen molar-refractivity contribution in [2.24, 2.45) is 11.3 Å². The molecule has 110 valence electrons. The highest BCUT2D eigenvalue weighted by Crippen LogP contribution is 2.36. The molecular formula is C13H22O6. The van der Waals surface area contributed by atoms with Crippen molar-refractivity contribution in [1.29, 1.82) is 0 Å². The number of hydrogen-bond acceptors (Lipinski definition) is 4. The van der Waals surface area contributed by atoms with E-state index in [-0.39, 0.29) is 13.2 Å². The Labute approximate surface area is 112 Å². The lowest BCUT2D eigenvalue weighted by Gasteiger charge is -2.30. The van der Waals surface area contributed by atoms with E-state index in [1.807, 2.05) is 0 Å². The minimum Gasteiger partial charge on any atom is -0.481 e. The van der Waals surface area contributed by atoms with Gasteiger partial charge in [0.25, 0.3) is 0 Å². The highest BCUT2D eigenvalue weighted by Gasteiger charge is 2.44. The number of aliphatic hydroxyl groups excluding tert-OH is 2. The molecule has 0 aromatic rings. The van der Waals surface area contributed by atoms with Crippen molar-refractivity contribution in [2.45, 2.75) is 32.6 Å². The van der Waals surface area contributed by atoms with Crippen molar-refractivity contribution in [3.8, 4) is 0 Å². The van der Waals surface area contributed by atoms with E-state index in [1.54, 1.807) is 6.08 Å². The molecule has 0 heterocycles. The standard InChI is InChI=1S/C9H12O4.C4H10O2/c1-9(8(12)13)5-3-2-4-6(9)7(10)11;5-3-1-2-4-6/h3,5-6H,2,4H2,1H3,(H,10,11)(H,12,13);5-6H,1-4H2. The average Bonchev–Trinajstić information content (AvgIpc) is 2.37. The maximum Gasteiger partial charge on any atom is 0.314 e. The number of carboxylic acids is 2. The fraction of sp³-hybridized carbons (Fsp3) is 0.692. The number of aliphatic carboxylic acids is 2. The van der Waals surface area contributed by atoms with Crippen molar-refractivity contribution in [1.82, 2.24) is 0 Å². The Bertz CT molecular complexity index is 321. The molecule has 6 nitrogen and oxygen atoms in total. The van der Waals surface area contributed by atoms with Crippen LogP contribution in [0.15, 0.2) is 12.2 Å². The molecule has 0 bridgehead atoms. The number of hydrogen-bond donors (Lipinski definition) is 4. The Morgan fingerprint density at radius 3 is 2.05 bits per heavy atom. The van der Waals surface area contributed by atoms with Gasteiger partial charge in [-0.15, -0.1) is 0 Å². The van der Waals surface area contributed by atoms with Crippen LogP contribution < -0.4 is 0 Å². The molecule has 0 saturated heterocycles. The van der Waals surface area contributed by atoms with Crippen LogP contribution >= 0.6 is 0 Å². The fourth-order valence-corrected chi connectivity index (χ4v) is 1.83. The molecule has 0 radical (unpaired) electrons. The van der Waals surface area contributed by atoms with Crippen LogP contribution in [0.4, 0.5) is 0 Å². The summed E-state index contributed by atoms with van der Waals surface area (Å²) in [7, 11) is 0. The van der Waals surface area contributed by atoms with Crippen LogP contribution in [0.2, 0.25) is 0 Å². The van der Waals surface area contributed by atoms with Crippen LogP contribution in [-0.4, -0.2) is 45.6 Å². The number of aliphatic hydroxyl groups is 2. The van der Waals surface area contributed by atoms with Gasteiger partial charge >= 0.3 is 11.9 Å². The predicted octanol–water partition coefficient (Wildman–Crippen LogP) is 0.879. The summed E-state index contributed by atoms with van der Waals surface area (Å²) in [5.41, 5.74) is -1.25. The summed E-state index contributed by atoms with van der Waals surface area (Å²) in [6.45, 7) is 1.84. The van der Waals surface area contributed by atoms with Gasteiger partial charge in [-0.1, -0.05) is 12.2 Å². The lowest BCUT2D eigenvalue weighted by atomic mass is 9.71. The molecule has 0 aromatic carbocycles. The largest absolute Gasteiger partial charge is 0.481 e. The quantitative estimate of drug-likeness (QED) is 0.437. The highest BCUT2D eigenvalue weighted by molar-refractivity contribution is 5.85. The number of unbranched alkanes of at least 4 members (excludes halogenated alkanes) is 1. The second-order valence-corrected chi connectivity index (χ2v) is 4.61. The molecule has 1 aliphatic rings. The van der Waals surface area contributed by atoms with Gasteiger partial charge in [0.05, 0.1) is 11.3 Å². The molecular weight excluding hydrogens is 252 g/mol. The minimum atomic E-state index is -1.25. The highest BCUT2D eigenvalue weighted by atomic mass is 16.4. The normalized spacial score (nSPS) is 25.3. The molecule has 0 aromatic heterocycles. The van der Waals surface area contributed by atoms with E-state index in [2.05, 4.69) is 0 Å². The van der Waals surface area contributed by atoms with Crippen LogP contribution in [0.1, 0.15) is 32.6 Å². The van der Waals surface area contributed by atoms with Gasteiger partial charge in [-0.05, 0) is 32.6 Å². The Morgan fingerprint density at radius 2 is 1.74 bits per heavy atom. The van der Waals surface area contributed by atoms with E-state index < -0.39 is 23.3 Å². The van der Waals surface area contributed by atoms with Gasteiger partial charge in [0.2, 0.25) is 0 Å². The predicted molar refractivity (Wildman–Crippen MR) is 68.6 cm³/mol. The topological polar surface area (TPSA) is 115 Å². The van der Waals surface area contributed by atoms with Crippen molar-refractivity contribution < 1.29 is 30.0 Å². The van der Waals surface area contributed by atoms with Crippen LogP contribution in [-0.2, 0) is 9.59 Å². The summed E-state index contributed by atoms with van der Waals surface area (Å²) >= 11 is 0. The molecule has 2 atom stereocenters. The second-order valence-electron chi connectivity index (χ2n) is 4.61. The van der Waals surface area contributed by atoms with Gasteiger partial charge in [0, 0.05) is 13.2 Å². The monoisotopic (exact) mass is 274 g/mol. The molecule has 4 N–H and O–H groups in total. The maximum atomic E-state index is 10.9. The van der Waals surface area contributed by atoms with Crippen molar-refractivity contribution in [2.75, 3.05) is 13.2 Å². The van der Waals surface area contributed by atoms with Crippen molar-refractivity contribution in [3.05, 3.63) is 12.2 Å². The summed E-state index contributed by atoms with van der Waals surface area (Å²) in [5, 5.41) is 33.9. The molecule has 0 amide bonds. The van der Waals surface area contributed by atoms with Crippen molar-refractivity contribution >= 4 is 11.9 Å². The van der Waals surface area contributed by atoms with E-state index in [0.717, 1.165) is 12.8 Å². The van der Waals surface area contributed by atoms with Gasteiger partial charge in [-0.3, -0.25) is 9.59 Å². The Kier molecular flexibility index (Phi) is 8.02. The smallest absolute Gasteiger partial charge is 0.314 e. The fourth-order valence-electron chi connectivity index (χ4n) is 1.83. The zero-order valence-corrected chi connectivity index (χ0v) is 11.1. The second kappa shape index (κ2) is 8.66. The molecule has 0 aliphatic heterocycles. The van der Waals surface area contributed by atoms with Crippen LogP contribution in [0.25, 0.3) is 0 Å². The molecule has 1 aliphatic carbocycles. The third-order valence-corrected chi connectivity index (χ3v) is 3.14. The average molecular weight is 274 g/mol. The van der Waals surface area contributed by atoms with Crippen LogP contribution in [0.3, 0.4) is 0 Å². The first kappa shape index (κ1) is 17.6. The Hall–Kier alpha value is -1.40. The van der Waals surface area contributed by atoms with Gasteiger partial charge in [-0.25, -0.2) is 0 Å². The zero-order valence-electron chi connectivity index (χ0n) is 11.1. The zero-order chi connectivity index (χ0) is 14.9. The van der Waals surface area contributed by atoms with Gasteiger partial charge in [-0.2, -0.15) is 0 Å². The number of carboxylic acid groups (broad SMARTS) is 2. The number of allylic oxidation sites excluding steroid dienone is 1. The molecule has 1 rings (SSSR count). The first-order valence-electron chi connectivity index (χ1n) is 6.25. The molecule has 6 heteroatoms. The van der Waals surface area contributed by atoms with Gasteiger partial charge < -0.3 is 20.4 Å². The minimum absolute atomic E-state index is 0.195. The first-order chi connectivity index (χ1) is 8.90. The molecule has 0 fully saturated rings. The first-order valence-corrected chi connectivity index (χ1v) is 6.25. The summed E-state index contributed by atoms with van der Waals surface area (Å²) in [6.07, 6.45) is 5.69. The van der Waals surface area contributed by atoms with Gasteiger partial charge in [0.1, 0.15) is 0 Å². The lowest BCUT2D eigenvalue weighted by Crippen LogP contribution is -2.40. The third kappa shape index (κ3) is 5.40. The van der Waals surface area contributed by atoms with Gasteiger partial charge in [0.15, 0.2) is 0 Å². The van der Waals surface area contributed by atoms with E-state index in [9.17, 15) is 9.59 Å². The van der Waals surface area contributed by atoms with E-state index in [4.69, 9.17) is 20.4 Å². The molecule has 2 unspecified atom stereocenters. The molecule has 0 saturated carbocycles. The lowest BCUT2D eigenvalue weighted by molar-refractivity contribution is -0.158. The van der Waals surface area contributed by atoms with E-state index in [1.165, 1.54) is 13.0 Å². The van der Waals surface area contributed by atoms with E-state index in [0.29, 0.717) is 12.8 Å². The Morgan fingerprint density at radius 1 is 1.21 bits per heavy atom. The SMILES string of the molecule is CC1(C(=O)O)C=CCCC1C(=O)O.OCCCCO. The van der Waals surface area contributed by atoms with Crippen molar-refractivity contribution in [3.63, 3.8) is 0 Å². The third-order valence-electron chi connectivity index (χ3n) is 3.14. The summed E-state index contributed by atoms with van der Waals surface area (Å²) < 4.78 is 0. The molecule has 19 heavy (non-hydrogen) atoms. The van der Waals surface area contributed by atoms with Crippen LogP contribution in [0.5, 0.6) is 0 Å². The number of rotatable bonds is 5. The summed E-state index contributed by atoms with van der Waals surface area (Å²) in [4.78, 5) is 21.7. The van der Waals surface area contributed by atoms with E-state index >= 15 is 0 Å². The summed E-state index contributed by atoms with van der Waals surface area (Å²) in [5.74, 6) is -2.92. The molecule has 0 spiro atoms.